The Hall–Kier alpha value is -0.780. The van der Waals surface area contributed by atoms with Gasteiger partial charge >= 0.3 is 0 Å². The Bertz CT molecular complexity index is 382. The summed E-state index contributed by atoms with van der Waals surface area (Å²) >= 11 is 0. The first-order valence-electron chi connectivity index (χ1n) is 7.61. The molecule has 0 bridgehead atoms. The molecule has 0 heterocycles. The van der Waals surface area contributed by atoms with Crippen LogP contribution >= 0.6 is 0 Å². The van der Waals surface area contributed by atoms with Crippen LogP contribution in [0.2, 0.25) is 0 Å². The molecule has 0 heteroatoms. The fourth-order valence-electron chi connectivity index (χ4n) is 2.63. The minimum atomic E-state index is 0.246. The van der Waals surface area contributed by atoms with Crippen molar-refractivity contribution in [1.82, 2.24) is 0 Å². The van der Waals surface area contributed by atoms with Crippen molar-refractivity contribution in [3.05, 3.63) is 35.4 Å². The maximum atomic E-state index is 2.34. The van der Waals surface area contributed by atoms with Gasteiger partial charge in [-0.1, -0.05) is 79.7 Å². The quantitative estimate of drug-likeness (QED) is 0.610. The smallest absolute Gasteiger partial charge is 0.0132 e. The maximum Gasteiger partial charge on any atom is -0.0132 e. The van der Waals surface area contributed by atoms with Crippen molar-refractivity contribution >= 4 is 0 Å². The molecule has 0 nitrogen and oxygen atoms in total. The van der Waals surface area contributed by atoms with E-state index in [1.807, 2.05) is 0 Å². The van der Waals surface area contributed by atoms with Gasteiger partial charge in [-0.15, -0.1) is 0 Å². The third-order valence-corrected chi connectivity index (χ3v) is 3.84. The van der Waals surface area contributed by atoms with Crippen LogP contribution in [0.25, 0.3) is 0 Å². The molecule has 0 fully saturated rings. The molecule has 0 saturated carbocycles. The molecule has 0 aliphatic carbocycles. The first-order valence-corrected chi connectivity index (χ1v) is 7.61. The number of benzene rings is 1. The Morgan fingerprint density at radius 3 is 1.63 bits per heavy atom. The highest BCUT2D eigenvalue weighted by atomic mass is 14.3. The summed E-state index contributed by atoms with van der Waals surface area (Å²) in [7, 11) is 0. The zero-order valence-corrected chi connectivity index (χ0v) is 14.2. The summed E-state index contributed by atoms with van der Waals surface area (Å²) in [4.78, 5) is 0. The lowest BCUT2D eigenvalue weighted by atomic mass is 9.75. The molecule has 108 valence electrons. The number of rotatable bonds is 3. The second-order valence-corrected chi connectivity index (χ2v) is 8.49. The molecule has 1 atom stereocenters. The summed E-state index contributed by atoms with van der Waals surface area (Å²) < 4.78 is 0. The predicted octanol–water partition coefficient (Wildman–Crippen LogP) is 6.16. The minimum absolute atomic E-state index is 0.246. The predicted molar refractivity (Wildman–Crippen MR) is 86.8 cm³/mol. The van der Waals surface area contributed by atoms with Crippen LogP contribution in [0.3, 0.4) is 0 Å². The molecule has 1 unspecified atom stereocenters. The molecular formula is C19H32. The van der Waals surface area contributed by atoms with Crippen LogP contribution in [-0.4, -0.2) is 0 Å². The van der Waals surface area contributed by atoms with Crippen LogP contribution < -0.4 is 0 Å². The van der Waals surface area contributed by atoms with Gasteiger partial charge in [0.1, 0.15) is 0 Å². The fourth-order valence-corrected chi connectivity index (χ4v) is 2.63. The Labute approximate surface area is 120 Å². The maximum absolute atomic E-state index is 2.34. The van der Waals surface area contributed by atoms with Crippen LogP contribution in [-0.2, 0) is 5.41 Å². The van der Waals surface area contributed by atoms with Crippen molar-refractivity contribution in [2.75, 3.05) is 0 Å². The molecule has 0 aromatic heterocycles. The molecule has 0 spiro atoms. The number of hydrogen-bond acceptors (Lipinski definition) is 0. The van der Waals surface area contributed by atoms with Crippen molar-refractivity contribution < 1.29 is 0 Å². The highest BCUT2D eigenvalue weighted by Gasteiger charge is 2.23. The molecule has 0 saturated heterocycles. The molecule has 1 aromatic carbocycles. The van der Waals surface area contributed by atoms with E-state index in [0.29, 0.717) is 17.3 Å². The van der Waals surface area contributed by atoms with Gasteiger partial charge in [0, 0.05) is 0 Å². The first kappa shape index (κ1) is 16.3. The van der Waals surface area contributed by atoms with E-state index in [1.54, 1.807) is 0 Å². The Balaban J connectivity index is 2.99. The monoisotopic (exact) mass is 260 g/mol. The summed E-state index contributed by atoms with van der Waals surface area (Å²) in [6.45, 7) is 18.5. The second kappa shape index (κ2) is 5.69. The zero-order valence-electron chi connectivity index (χ0n) is 14.2. The third-order valence-electron chi connectivity index (χ3n) is 3.84. The largest absolute Gasteiger partial charge is 0.0622 e. The molecule has 0 amide bonds. The van der Waals surface area contributed by atoms with E-state index in [1.165, 1.54) is 17.5 Å². The van der Waals surface area contributed by atoms with Crippen molar-refractivity contribution in [2.24, 2.45) is 11.3 Å². The molecule has 1 aromatic rings. The molecule has 1 rings (SSSR count). The van der Waals surface area contributed by atoms with Crippen molar-refractivity contribution in [2.45, 2.75) is 73.1 Å². The second-order valence-electron chi connectivity index (χ2n) is 8.49. The van der Waals surface area contributed by atoms with Gasteiger partial charge in [-0.2, -0.15) is 0 Å². The average Bonchev–Trinajstić information content (AvgIpc) is 2.23. The van der Waals surface area contributed by atoms with Crippen LogP contribution in [0.4, 0.5) is 0 Å². The van der Waals surface area contributed by atoms with Gasteiger partial charge in [-0.05, 0) is 40.2 Å². The van der Waals surface area contributed by atoms with Crippen molar-refractivity contribution in [3.8, 4) is 0 Å². The lowest BCUT2D eigenvalue weighted by molar-refractivity contribution is 0.301. The van der Waals surface area contributed by atoms with Crippen LogP contribution in [0.15, 0.2) is 24.3 Å². The standard InChI is InChI=1S/C19H32/c1-14(2)17(13-18(3,4)5)15-9-11-16(12-10-15)19(6,7)8/h9-12,14,17H,13H2,1-8H3. The van der Waals surface area contributed by atoms with Gasteiger partial charge in [0.05, 0.1) is 0 Å². The highest BCUT2D eigenvalue weighted by molar-refractivity contribution is 5.29. The average molecular weight is 260 g/mol. The zero-order chi connectivity index (χ0) is 14.8. The van der Waals surface area contributed by atoms with E-state index >= 15 is 0 Å². The molecule has 0 aliphatic rings. The molecule has 0 radical (unpaired) electrons. The number of hydrogen-bond donors (Lipinski definition) is 0. The van der Waals surface area contributed by atoms with E-state index in [-0.39, 0.29) is 5.41 Å². The molecular weight excluding hydrogens is 228 g/mol. The van der Waals surface area contributed by atoms with Gasteiger partial charge < -0.3 is 0 Å². The fraction of sp³-hybridized carbons (Fsp3) is 0.684. The van der Waals surface area contributed by atoms with Gasteiger partial charge in [-0.3, -0.25) is 0 Å². The van der Waals surface area contributed by atoms with Crippen LogP contribution in [0.1, 0.15) is 78.9 Å². The van der Waals surface area contributed by atoms with E-state index in [4.69, 9.17) is 0 Å². The van der Waals surface area contributed by atoms with E-state index in [2.05, 4.69) is 79.7 Å². The summed E-state index contributed by atoms with van der Waals surface area (Å²) in [5, 5.41) is 0. The van der Waals surface area contributed by atoms with Gasteiger partial charge in [0.25, 0.3) is 0 Å². The Kier molecular flexibility index (Phi) is 4.87. The topological polar surface area (TPSA) is 0 Å². The Morgan fingerprint density at radius 2 is 1.32 bits per heavy atom. The highest BCUT2D eigenvalue weighted by Crippen LogP contribution is 2.36. The van der Waals surface area contributed by atoms with Gasteiger partial charge in [0.15, 0.2) is 0 Å². The van der Waals surface area contributed by atoms with Gasteiger partial charge in [-0.25, -0.2) is 0 Å². The minimum Gasteiger partial charge on any atom is -0.0622 e. The normalized spacial score (nSPS) is 14.8. The van der Waals surface area contributed by atoms with Crippen LogP contribution in [0, 0.1) is 11.3 Å². The lowest BCUT2D eigenvalue weighted by Crippen LogP contribution is -2.17. The molecule has 19 heavy (non-hydrogen) atoms. The lowest BCUT2D eigenvalue weighted by Gasteiger charge is -2.30. The van der Waals surface area contributed by atoms with Crippen molar-refractivity contribution in [1.29, 1.82) is 0 Å². The summed E-state index contributed by atoms with van der Waals surface area (Å²) in [5.74, 6) is 1.36. The Morgan fingerprint density at radius 1 is 0.842 bits per heavy atom. The van der Waals surface area contributed by atoms with E-state index in [0.717, 1.165) is 0 Å². The van der Waals surface area contributed by atoms with E-state index < -0.39 is 0 Å². The summed E-state index contributed by atoms with van der Waals surface area (Å²) in [6.07, 6.45) is 1.25. The SMILES string of the molecule is CC(C)C(CC(C)(C)C)c1ccc(C(C)(C)C)cc1. The van der Waals surface area contributed by atoms with Gasteiger partial charge in [0.2, 0.25) is 0 Å². The first-order chi connectivity index (χ1) is 8.50. The molecule has 0 aliphatic heterocycles. The molecule has 0 N–H and O–H groups in total. The van der Waals surface area contributed by atoms with E-state index in [9.17, 15) is 0 Å². The van der Waals surface area contributed by atoms with Crippen molar-refractivity contribution in [3.63, 3.8) is 0 Å². The third kappa shape index (κ3) is 5.01. The summed E-state index contributed by atoms with van der Waals surface area (Å²) in [6, 6.07) is 9.31. The van der Waals surface area contributed by atoms with Crippen LogP contribution in [0.5, 0.6) is 0 Å². The summed E-state index contributed by atoms with van der Waals surface area (Å²) in [5.41, 5.74) is 3.56.